The van der Waals surface area contributed by atoms with Crippen LogP contribution in [0.4, 0.5) is 0 Å². The lowest BCUT2D eigenvalue weighted by Gasteiger charge is -2.32. The Morgan fingerprint density at radius 1 is 1.56 bits per heavy atom. The third-order valence-corrected chi connectivity index (χ3v) is 3.62. The number of hydrogen-bond acceptors (Lipinski definition) is 2. The SMILES string of the molecule is CS(=N)(=O)[C@H]1C[C@@H](C)C1. The highest BCUT2D eigenvalue weighted by molar-refractivity contribution is 7.92. The molecule has 0 spiro atoms. The van der Waals surface area contributed by atoms with Gasteiger partial charge in [-0.25, -0.2) is 4.21 Å². The van der Waals surface area contributed by atoms with Crippen molar-refractivity contribution in [1.29, 1.82) is 4.78 Å². The van der Waals surface area contributed by atoms with Gasteiger partial charge in [-0.1, -0.05) is 6.92 Å². The lowest BCUT2D eigenvalue weighted by Crippen LogP contribution is -2.32. The molecule has 1 rings (SSSR count). The van der Waals surface area contributed by atoms with Crippen molar-refractivity contribution in [2.24, 2.45) is 5.92 Å². The first-order chi connectivity index (χ1) is 4.00. The fraction of sp³-hybridized carbons (Fsp3) is 1.00. The van der Waals surface area contributed by atoms with Gasteiger partial charge >= 0.3 is 0 Å². The molecule has 0 amide bonds. The monoisotopic (exact) mass is 147 g/mol. The molecule has 0 aromatic rings. The Kier molecular flexibility index (Phi) is 1.55. The number of nitrogens with one attached hydrogen (secondary N) is 1. The van der Waals surface area contributed by atoms with Gasteiger partial charge in [0.25, 0.3) is 0 Å². The second kappa shape index (κ2) is 1.97. The zero-order valence-corrected chi connectivity index (χ0v) is 6.70. The zero-order chi connectivity index (χ0) is 7.07. The second-order valence-corrected chi connectivity index (χ2v) is 5.58. The fourth-order valence-corrected chi connectivity index (χ4v) is 2.59. The summed E-state index contributed by atoms with van der Waals surface area (Å²) in [5, 5.41) is 0.201. The molecule has 3 heteroatoms. The van der Waals surface area contributed by atoms with Gasteiger partial charge in [0.05, 0.1) is 0 Å². The molecule has 0 aliphatic heterocycles. The Labute approximate surface area is 56.6 Å². The Morgan fingerprint density at radius 3 is 2.11 bits per heavy atom. The van der Waals surface area contributed by atoms with Crippen molar-refractivity contribution >= 4 is 9.73 Å². The molecule has 1 N–H and O–H groups in total. The highest BCUT2D eigenvalue weighted by Gasteiger charge is 2.30. The quantitative estimate of drug-likeness (QED) is 0.599. The van der Waals surface area contributed by atoms with Crippen molar-refractivity contribution in [3.63, 3.8) is 0 Å². The van der Waals surface area contributed by atoms with Crippen molar-refractivity contribution in [2.45, 2.75) is 25.0 Å². The Morgan fingerprint density at radius 2 is 2.00 bits per heavy atom. The van der Waals surface area contributed by atoms with E-state index in [1.807, 2.05) is 0 Å². The minimum absolute atomic E-state index is 0.201. The molecular formula is C6H13NOS. The maximum atomic E-state index is 11.0. The third-order valence-electron chi connectivity index (χ3n) is 1.97. The minimum atomic E-state index is -2.20. The van der Waals surface area contributed by atoms with Crippen LogP contribution in [-0.4, -0.2) is 15.7 Å². The molecule has 0 heterocycles. The van der Waals surface area contributed by atoms with Crippen molar-refractivity contribution in [3.05, 3.63) is 0 Å². The van der Waals surface area contributed by atoms with E-state index in [0.29, 0.717) is 5.92 Å². The summed E-state index contributed by atoms with van der Waals surface area (Å²) < 4.78 is 18.2. The summed E-state index contributed by atoms with van der Waals surface area (Å²) in [4.78, 5) is 0. The molecule has 0 radical (unpaired) electrons. The van der Waals surface area contributed by atoms with E-state index in [2.05, 4.69) is 6.92 Å². The molecular weight excluding hydrogens is 134 g/mol. The van der Waals surface area contributed by atoms with E-state index in [9.17, 15) is 4.21 Å². The lowest BCUT2D eigenvalue weighted by molar-refractivity contribution is 0.352. The number of hydrogen-bond donors (Lipinski definition) is 1. The van der Waals surface area contributed by atoms with Gasteiger partial charge in [0.1, 0.15) is 0 Å². The van der Waals surface area contributed by atoms with Crippen molar-refractivity contribution in [1.82, 2.24) is 0 Å². The number of rotatable bonds is 1. The van der Waals surface area contributed by atoms with E-state index in [4.69, 9.17) is 4.78 Å². The molecule has 2 nitrogen and oxygen atoms in total. The third kappa shape index (κ3) is 1.45. The van der Waals surface area contributed by atoms with Crippen LogP contribution >= 0.6 is 0 Å². The maximum absolute atomic E-state index is 11.0. The Balaban J connectivity index is 2.51. The average Bonchev–Trinajstić information content (AvgIpc) is 1.55. The van der Waals surface area contributed by atoms with Crippen LogP contribution in [0.25, 0.3) is 0 Å². The highest BCUT2D eigenvalue weighted by Crippen LogP contribution is 2.31. The van der Waals surface area contributed by atoms with Gasteiger partial charge in [-0.15, -0.1) is 0 Å². The van der Waals surface area contributed by atoms with Gasteiger partial charge in [-0.05, 0) is 18.8 Å². The van der Waals surface area contributed by atoms with Crippen LogP contribution in [0.15, 0.2) is 0 Å². The fourth-order valence-electron chi connectivity index (χ4n) is 1.20. The molecule has 0 bridgehead atoms. The first-order valence-corrected chi connectivity index (χ1v) is 5.25. The normalized spacial score (nSPS) is 41.1. The van der Waals surface area contributed by atoms with Gasteiger partial charge in [0.15, 0.2) is 0 Å². The molecule has 1 unspecified atom stereocenters. The van der Waals surface area contributed by atoms with Crippen LogP contribution in [0.2, 0.25) is 0 Å². The summed E-state index contributed by atoms with van der Waals surface area (Å²) >= 11 is 0. The van der Waals surface area contributed by atoms with E-state index in [-0.39, 0.29) is 5.25 Å². The largest absolute Gasteiger partial charge is 0.253 e. The van der Waals surface area contributed by atoms with Gasteiger partial charge in [-0.3, -0.25) is 4.78 Å². The lowest BCUT2D eigenvalue weighted by atomic mass is 9.87. The van der Waals surface area contributed by atoms with Crippen molar-refractivity contribution in [3.8, 4) is 0 Å². The molecule has 1 aliphatic rings. The van der Waals surface area contributed by atoms with E-state index < -0.39 is 9.73 Å². The summed E-state index contributed by atoms with van der Waals surface area (Å²) in [5.41, 5.74) is 0. The second-order valence-electron chi connectivity index (χ2n) is 3.10. The molecule has 0 saturated heterocycles. The van der Waals surface area contributed by atoms with Crippen LogP contribution in [0.5, 0.6) is 0 Å². The van der Waals surface area contributed by atoms with E-state index in [1.54, 1.807) is 6.26 Å². The van der Waals surface area contributed by atoms with Gasteiger partial charge < -0.3 is 0 Å². The minimum Gasteiger partial charge on any atom is -0.253 e. The predicted molar refractivity (Wildman–Crippen MR) is 39.0 cm³/mol. The highest BCUT2D eigenvalue weighted by atomic mass is 32.2. The molecule has 1 saturated carbocycles. The van der Waals surface area contributed by atoms with Gasteiger partial charge in [0.2, 0.25) is 0 Å². The average molecular weight is 147 g/mol. The standard InChI is InChI=1S/C6H13NOS/c1-5-3-6(4-5)9(2,7)8/h5-7H,3-4H2,1-2H3/t5-,6+,9?. The molecule has 1 aliphatic carbocycles. The Hall–Kier alpha value is -0.0500. The van der Waals surface area contributed by atoms with Crippen molar-refractivity contribution in [2.75, 3.05) is 6.26 Å². The topological polar surface area (TPSA) is 40.9 Å². The molecule has 1 fully saturated rings. The Bertz CT molecular complexity index is 189. The van der Waals surface area contributed by atoms with E-state index in [1.165, 1.54) is 0 Å². The maximum Gasteiger partial charge on any atom is 0.0441 e. The van der Waals surface area contributed by atoms with Crippen LogP contribution in [0, 0.1) is 10.7 Å². The zero-order valence-electron chi connectivity index (χ0n) is 5.89. The van der Waals surface area contributed by atoms with E-state index >= 15 is 0 Å². The van der Waals surface area contributed by atoms with Gasteiger partial charge in [-0.2, -0.15) is 0 Å². The smallest absolute Gasteiger partial charge is 0.0441 e. The summed E-state index contributed by atoms with van der Waals surface area (Å²) in [6.07, 6.45) is 3.54. The van der Waals surface area contributed by atoms with Crippen LogP contribution in [0.1, 0.15) is 19.8 Å². The van der Waals surface area contributed by atoms with Crippen LogP contribution < -0.4 is 0 Å². The first kappa shape index (κ1) is 7.06. The van der Waals surface area contributed by atoms with Crippen LogP contribution in [-0.2, 0) is 9.73 Å². The summed E-state index contributed by atoms with van der Waals surface area (Å²) in [5.74, 6) is 0.709. The van der Waals surface area contributed by atoms with Crippen molar-refractivity contribution < 1.29 is 4.21 Å². The van der Waals surface area contributed by atoms with E-state index in [0.717, 1.165) is 12.8 Å². The summed E-state index contributed by atoms with van der Waals surface area (Å²) in [6, 6.07) is 0. The van der Waals surface area contributed by atoms with Crippen LogP contribution in [0.3, 0.4) is 0 Å². The summed E-state index contributed by atoms with van der Waals surface area (Å²) in [6.45, 7) is 2.14. The first-order valence-electron chi connectivity index (χ1n) is 3.23. The van der Waals surface area contributed by atoms with Gasteiger partial charge in [0, 0.05) is 21.2 Å². The molecule has 54 valence electrons. The molecule has 1 atom stereocenters. The molecule has 9 heavy (non-hydrogen) atoms. The molecule has 0 aromatic heterocycles. The molecule has 0 aromatic carbocycles. The summed E-state index contributed by atoms with van der Waals surface area (Å²) in [7, 11) is -2.20. The predicted octanol–water partition coefficient (Wildman–Crippen LogP) is 1.46.